The number of hydrogen-bond acceptors (Lipinski definition) is 3. The first-order valence-corrected chi connectivity index (χ1v) is 8.12. The Morgan fingerprint density at radius 2 is 1.83 bits per heavy atom. The predicted octanol–water partition coefficient (Wildman–Crippen LogP) is 5.93. The van der Waals surface area contributed by atoms with E-state index in [1.54, 1.807) is 12.1 Å². The summed E-state index contributed by atoms with van der Waals surface area (Å²) < 4.78 is 12.2. The minimum absolute atomic E-state index is 0.421. The molecule has 4 aromatic rings. The Hall–Kier alpha value is -2.04. The van der Waals surface area contributed by atoms with Crippen LogP contribution in [0.25, 0.3) is 33.3 Å². The first-order valence-electron chi connectivity index (χ1n) is 6.95. The zero-order valence-electron chi connectivity index (χ0n) is 12.0. The van der Waals surface area contributed by atoms with Crippen molar-refractivity contribution in [2.24, 2.45) is 0 Å². The van der Waals surface area contributed by atoms with Gasteiger partial charge in [0.2, 0.25) is 0 Å². The van der Waals surface area contributed by atoms with E-state index in [0.717, 1.165) is 26.4 Å². The molecular weight excluding hydrogens is 380 g/mol. The fourth-order valence-corrected chi connectivity index (χ4v) is 3.18. The summed E-state index contributed by atoms with van der Waals surface area (Å²) in [5.41, 5.74) is 2.35. The Bertz CT molecular complexity index is 1120. The van der Waals surface area contributed by atoms with Crippen molar-refractivity contribution in [1.29, 1.82) is 0 Å². The average Bonchev–Trinajstić information content (AvgIpc) is 2.91. The van der Waals surface area contributed by atoms with Gasteiger partial charge in [-0.2, -0.15) is 0 Å². The minimum atomic E-state index is -0.421. The lowest BCUT2D eigenvalue weighted by Gasteiger charge is -2.05. The third-order valence-corrected chi connectivity index (χ3v) is 4.67. The van der Waals surface area contributed by atoms with Crippen LogP contribution in [0.4, 0.5) is 0 Å². The molecule has 2 aromatic heterocycles. The second-order valence-electron chi connectivity index (χ2n) is 5.37. The van der Waals surface area contributed by atoms with Gasteiger partial charge in [0, 0.05) is 31.9 Å². The summed E-state index contributed by atoms with van der Waals surface area (Å²) in [6, 6.07) is 12.7. The van der Waals surface area contributed by atoms with Crippen molar-refractivity contribution >= 4 is 49.5 Å². The standard InChI is InChI=1S/C18H10BrClO3/c1-9-4-16-12(7-14(9)20)13(8-18(21)23-16)17-6-10-5-11(19)2-3-15(10)22-17/h2-8H,1H3. The maximum absolute atomic E-state index is 11.9. The highest BCUT2D eigenvalue weighted by atomic mass is 79.9. The number of aryl methyl sites for hydroxylation is 1. The van der Waals surface area contributed by atoms with Crippen LogP contribution in [0.3, 0.4) is 0 Å². The smallest absolute Gasteiger partial charge is 0.336 e. The zero-order valence-corrected chi connectivity index (χ0v) is 14.4. The SMILES string of the molecule is Cc1cc2oc(=O)cc(-c3cc4cc(Br)ccc4o3)c2cc1Cl. The van der Waals surface area contributed by atoms with Gasteiger partial charge in [-0.1, -0.05) is 27.5 Å². The van der Waals surface area contributed by atoms with Crippen molar-refractivity contribution < 1.29 is 8.83 Å². The quantitative estimate of drug-likeness (QED) is 0.379. The van der Waals surface area contributed by atoms with Gasteiger partial charge in [0.15, 0.2) is 0 Å². The molecule has 0 N–H and O–H groups in total. The molecule has 0 saturated carbocycles. The van der Waals surface area contributed by atoms with Crippen molar-refractivity contribution in [3.05, 3.63) is 67.9 Å². The summed E-state index contributed by atoms with van der Waals surface area (Å²) in [4.78, 5) is 11.9. The fraction of sp³-hybridized carbons (Fsp3) is 0.0556. The van der Waals surface area contributed by atoms with E-state index in [1.165, 1.54) is 6.07 Å². The number of fused-ring (bicyclic) bond motifs is 2. The van der Waals surface area contributed by atoms with Crippen molar-refractivity contribution in [1.82, 2.24) is 0 Å². The largest absolute Gasteiger partial charge is 0.456 e. The zero-order chi connectivity index (χ0) is 16.1. The van der Waals surface area contributed by atoms with E-state index in [4.69, 9.17) is 20.4 Å². The molecule has 0 unspecified atom stereocenters. The maximum atomic E-state index is 11.9. The molecule has 3 nitrogen and oxygen atoms in total. The Labute approximate surface area is 144 Å². The lowest BCUT2D eigenvalue weighted by molar-refractivity contribution is 0.559. The Kier molecular flexibility index (Phi) is 3.32. The lowest BCUT2D eigenvalue weighted by atomic mass is 10.1. The highest BCUT2D eigenvalue weighted by molar-refractivity contribution is 9.10. The average molecular weight is 390 g/mol. The monoisotopic (exact) mass is 388 g/mol. The van der Waals surface area contributed by atoms with Gasteiger partial charge in [-0.25, -0.2) is 4.79 Å². The lowest BCUT2D eigenvalue weighted by Crippen LogP contribution is -1.98. The molecule has 0 fully saturated rings. The normalized spacial score (nSPS) is 11.4. The van der Waals surface area contributed by atoms with E-state index in [0.29, 0.717) is 21.9 Å². The number of halogens is 2. The summed E-state index contributed by atoms with van der Waals surface area (Å²) in [6.45, 7) is 1.87. The van der Waals surface area contributed by atoms with Gasteiger partial charge < -0.3 is 8.83 Å². The predicted molar refractivity (Wildman–Crippen MR) is 95.1 cm³/mol. The van der Waals surface area contributed by atoms with Crippen LogP contribution in [-0.4, -0.2) is 0 Å². The van der Waals surface area contributed by atoms with Crippen LogP contribution in [-0.2, 0) is 0 Å². The molecular formula is C18H10BrClO3. The van der Waals surface area contributed by atoms with Gasteiger partial charge in [0.1, 0.15) is 16.9 Å². The topological polar surface area (TPSA) is 43.4 Å². The molecule has 23 heavy (non-hydrogen) atoms. The van der Waals surface area contributed by atoms with Crippen molar-refractivity contribution in [3.63, 3.8) is 0 Å². The molecule has 2 aromatic carbocycles. The molecule has 0 aliphatic heterocycles. The van der Waals surface area contributed by atoms with Gasteiger partial charge in [0.05, 0.1) is 0 Å². The first-order chi connectivity index (χ1) is 11.0. The molecule has 0 saturated heterocycles. The van der Waals surface area contributed by atoms with Gasteiger partial charge in [-0.05, 0) is 48.9 Å². The van der Waals surface area contributed by atoms with Crippen LogP contribution < -0.4 is 5.63 Å². The molecule has 0 aliphatic rings. The van der Waals surface area contributed by atoms with Crippen LogP contribution in [0.1, 0.15) is 5.56 Å². The number of rotatable bonds is 1. The Morgan fingerprint density at radius 1 is 1.00 bits per heavy atom. The summed E-state index contributed by atoms with van der Waals surface area (Å²) in [5, 5.41) is 2.32. The molecule has 0 spiro atoms. The Balaban J connectivity index is 2.06. The highest BCUT2D eigenvalue weighted by Gasteiger charge is 2.14. The fourth-order valence-electron chi connectivity index (χ4n) is 2.63. The van der Waals surface area contributed by atoms with E-state index in [2.05, 4.69) is 15.9 Å². The van der Waals surface area contributed by atoms with Gasteiger partial charge in [-0.3, -0.25) is 0 Å². The van der Waals surface area contributed by atoms with E-state index >= 15 is 0 Å². The molecule has 114 valence electrons. The number of furan rings is 1. The van der Waals surface area contributed by atoms with Crippen LogP contribution in [0.15, 0.2) is 60.6 Å². The molecule has 4 rings (SSSR count). The van der Waals surface area contributed by atoms with Crippen molar-refractivity contribution in [3.8, 4) is 11.3 Å². The van der Waals surface area contributed by atoms with Crippen molar-refractivity contribution in [2.75, 3.05) is 0 Å². The van der Waals surface area contributed by atoms with E-state index in [-0.39, 0.29) is 0 Å². The molecule has 0 radical (unpaired) electrons. The maximum Gasteiger partial charge on any atom is 0.336 e. The van der Waals surface area contributed by atoms with Gasteiger partial charge in [-0.15, -0.1) is 0 Å². The summed E-state index contributed by atoms with van der Waals surface area (Å²) >= 11 is 9.67. The molecule has 0 amide bonds. The second-order valence-corrected chi connectivity index (χ2v) is 6.69. The third kappa shape index (κ3) is 2.48. The van der Waals surface area contributed by atoms with Crippen LogP contribution in [0.2, 0.25) is 5.02 Å². The van der Waals surface area contributed by atoms with Crippen LogP contribution >= 0.6 is 27.5 Å². The van der Waals surface area contributed by atoms with Gasteiger partial charge >= 0.3 is 5.63 Å². The first kappa shape index (κ1) is 14.5. The highest BCUT2D eigenvalue weighted by Crippen LogP contribution is 2.34. The van der Waals surface area contributed by atoms with E-state index in [9.17, 15) is 4.79 Å². The number of benzene rings is 2. The van der Waals surface area contributed by atoms with Gasteiger partial charge in [0.25, 0.3) is 0 Å². The van der Waals surface area contributed by atoms with Crippen LogP contribution in [0.5, 0.6) is 0 Å². The van der Waals surface area contributed by atoms with E-state index < -0.39 is 5.63 Å². The minimum Gasteiger partial charge on any atom is -0.456 e. The van der Waals surface area contributed by atoms with Crippen LogP contribution in [0, 0.1) is 6.92 Å². The summed E-state index contributed by atoms with van der Waals surface area (Å²) in [5.74, 6) is 0.607. The molecule has 0 bridgehead atoms. The Morgan fingerprint density at radius 3 is 2.65 bits per heavy atom. The summed E-state index contributed by atoms with van der Waals surface area (Å²) in [7, 11) is 0. The molecule has 2 heterocycles. The third-order valence-electron chi connectivity index (χ3n) is 3.77. The molecule has 0 aliphatic carbocycles. The summed E-state index contributed by atoms with van der Waals surface area (Å²) in [6.07, 6.45) is 0. The molecule has 5 heteroatoms. The second kappa shape index (κ2) is 5.25. The number of hydrogen-bond donors (Lipinski definition) is 0. The van der Waals surface area contributed by atoms with Crippen molar-refractivity contribution in [2.45, 2.75) is 6.92 Å². The van der Waals surface area contributed by atoms with E-state index in [1.807, 2.05) is 31.2 Å². The molecule has 0 atom stereocenters.